The summed E-state index contributed by atoms with van der Waals surface area (Å²) in [6.07, 6.45) is 0. The Morgan fingerprint density at radius 3 is 1.57 bits per heavy atom. The normalized spacial score (nSPS) is 12.1. The molecule has 0 saturated carbocycles. The lowest BCUT2D eigenvalue weighted by molar-refractivity contribution is 0.672. The highest BCUT2D eigenvalue weighted by Gasteiger charge is 2.22. The van der Waals surface area contributed by atoms with E-state index in [1.165, 1.54) is 0 Å². The van der Waals surface area contributed by atoms with Crippen molar-refractivity contribution in [1.82, 2.24) is 9.13 Å². The molecular weight excluding hydrogens is 663 g/mol. The van der Waals surface area contributed by atoms with Crippen LogP contribution in [0.15, 0.2) is 173 Å². The Balaban J connectivity index is 1.07. The molecule has 4 aromatic heterocycles. The molecule has 0 aliphatic rings. The summed E-state index contributed by atoms with van der Waals surface area (Å²) in [6.45, 7) is 8.24. The summed E-state index contributed by atoms with van der Waals surface area (Å²) in [5.74, 6) is 0. The van der Waals surface area contributed by atoms with Crippen LogP contribution in [0.3, 0.4) is 0 Å². The van der Waals surface area contributed by atoms with Gasteiger partial charge in [-0.2, -0.15) is 0 Å². The molecule has 0 atom stereocenters. The van der Waals surface area contributed by atoms with Crippen molar-refractivity contribution < 1.29 is 8.83 Å². The van der Waals surface area contributed by atoms with E-state index in [4.69, 9.17) is 15.4 Å². The Morgan fingerprint density at radius 1 is 0.407 bits per heavy atom. The van der Waals surface area contributed by atoms with Gasteiger partial charge in [0.25, 0.3) is 0 Å². The van der Waals surface area contributed by atoms with Crippen molar-refractivity contribution >= 4 is 93.2 Å². The third kappa shape index (κ3) is 3.86. The van der Waals surface area contributed by atoms with Gasteiger partial charge >= 0.3 is 0 Å². The highest BCUT2D eigenvalue weighted by Crippen LogP contribution is 2.44. The summed E-state index contributed by atoms with van der Waals surface area (Å²) in [5.41, 5.74) is 12.3. The van der Waals surface area contributed by atoms with E-state index in [2.05, 4.69) is 141 Å². The summed E-state index contributed by atoms with van der Waals surface area (Å²) in [7, 11) is 0. The van der Waals surface area contributed by atoms with Crippen molar-refractivity contribution in [3.8, 4) is 22.5 Å². The van der Waals surface area contributed by atoms with E-state index in [-0.39, 0.29) is 0 Å². The lowest BCUT2D eigenvalue weighted by Gasteiger charge is -2.14. The van der Waals surface area contributed by atoms with E-state index in [0.29, 0.717) is 5.69 Å². The zero-order chi connectivity index (χ0) is 35.5. The van der Waals surface area contributed by atoms with Gasteiger partial charge in [0.05, 0.1) is 45.1 Å². The third-order valence-electron chi connectivity index (χ3n) is 11.1. The third-order valence-corrected chi connectivity index (χ3v) is 11.1. The molecule has 12 rings (SSSR count). The lowest BCUT2D eigenvalue weighted by Crippen LogP contribution is -1.96. The maximum absolute atomic E-state index is 8.24. The summed E-state index contributed by atoms with van der Waals surface area (Å²) < 4.78 is 17.6. The molecule has 0 fully saturated rings. The molecule has 0 aliphatic heterocycles. The molecule has 5 nitrogen and oxygen atoms in total. The second-order valence-electron chi connectivity index (χ2n) is 13.9. The van der Waals surface area contributed by atoms with E-state index in [0.717, 1.165) is 110 Å². The maximum atomic E-state index is 8.24. The van der Waals surface area contributed by atoms with Crippen LogP contribution in [-0.4, -0.2) is 9.13 Å². The van der Waals surface area contributed by atoms with Gasteiger partial charge in [-0.1, -0.05) is 97.1 Å². The average molecular weight is 690 g/mol. The average Bonchev–Trinajstić information content (AvgIpc) is 3.98. The zero-order valence-electron chi connectivity index (χ0n) is 28.7. The van der Waals surface area contributed by atoms with Crippen LogP contribution in [0, 0.1) is 6.57 Å². The molecule has 0 radical (unpaired) electrons. The largest absolute Gasteiger partial charge is 0.455 e. The SMILES string of the molecule is [C-]#[N+]c1ccc(-c2cccc(-n3c4ccccc4c4c5oc6ccccc6c5ccc43)c2)cc1-n1c2ccccc2c2c3oc4ccccc4c3ccc21. The van der Waals surface area contributed by atoms with Crippen LogP contribution in [0.2, 0.25) is 0 Å². The predicted octanol–water partition coefficient (Wildman–Crippen LogP) is 13.9. The number of benzene rings is 8. The Bertz CT molecular complexity index is 3590. The van der Waals surface area contributed by atoms with Crippen molar-refractivity contribution in [3.05, 3.63) is 175 Å². The molecule has 4 heterocycles. The van der Waals surface area contributed by atoms with Crippen molar-refractivity contribution in [1.29, 1.82) is 0 Å². The Morgan fingerprint density at radius 2 is 0.944 bits per heavy atom. The Labute approximate surface area is 307 Å². The van der Waals surface area contributed by atoms with Gasteiger partial charge in [-0.3, -0.25) is 0 Å². The van der Waals surface area contributed by atoms with E-state index in [1.807, 2.05) is 36.4 Å². The fraction of sp³-hybridized carbons (Fsp3) is 0. The summed E-state index contributed by atoms with van der Waals surface area (Å²) in [6, 6.07) is 57.0. The predicted molar refractivity (Wildman–Crippen MR) is 221 cm³/mol. The van der Waals surface area contributed by atoms with E-state index < -0.39 is 0 Å². The zero-order valence-corrected chi connectivity index (χ0v) is 28.7. The van der Waals surface area contributed by atoms with E-state index >= 15 is 0 Å². The molecule has 250 valence electrons. The molecular formula is C49H27N3O2. The van der Waals surface area contributed by atoms with Crippen molar-refractivity contribution in [2.24, 2.45) is 0 Å². The number of hydrogen-bond donors (Lipinski definition) is 0. The van der Waals surface area contributed by atoms with Crippen LogP contribution in [0.1, 0.15) is 0 Å². The molecule has 0 saturated heterocycles. The van der Waals surface area contributed by atoms with E-state index in [1.54, 1.807) is 0 Å². The molecule has 12 aromatic rings. The Kier molecular flexibility index (Phi) is 5.78. The molecule has 0 amide bonds. The molecule has 0 unspecified atom stereocenters. The fourth-order valence-electron chi connectivity index (χ4n) is 8.81. The molecule has 0 spiro atoms. The van der Waals surface area contributed by atoms with E-state index in [9.17, 15) is 0 Å². The van der Waals surface area contributed by atoms with Crippen LogP contribution in [0.25, 0.3) is 115 Å². The minimum atomic E-state index is 0.583. The Hall–Kier alpha value is -7.55. The van der Waals surface area contributed by atoms with Gasteiger partial charge in [0.1, 0.15) is 22.3 Å². The van der Waals surface area contributed by atoms with Gasteiger partial charge in [0.15, 0.2) is 0 Å². The first kappa shape index (κ1) is 29.1. The number of aromatic nitrogens is 2. The van der Waals surface area contributed by atoms with Gasteiger partial charge < -0.3 is 18.0 Å². The van der Waals surface area contributed by atoms with Crippen LogP contribution >= 0.6 is 0 Å². The van der Waals surface area contributed by atoms with Gasteiger partial charge in [0.2, 0.25) is 5.69 Å². The topological polar surface area (TPSA) is 40.5 Å². The first-order valence-electron chi connectivity index (χ1n) is 18.0. The number of furan rings is 2. The first-order valence-corrected chi connectivity index (χ1v) is 18.0. The molecule has 5 heteroatoms. The molecule has 0 N–H and O–H groups in total. The standard InChI is InChI=1S/C49H27N3O2/c1-50-38-24-21-30(28-43(38)52-40-18-7-3-16-37(40)47-42(52)26-23-35-33-14-5-9-20-45(33)54-49(35)47)29-11-10-12-31(27-29)51-39-17-6-2-15-36(39)46-41(51)25-22-34-32-13-4-8-19-44(32)53-48(34)46/h2-28H. The first-order chi connectivity index (χ1) is 26.7. The smallest absolute Gasteiger partial charge is 0.210 e. The molecule has 0 aliphatic carbocycles. The molecule has 0 bridgehead atoms. The maximum Gasteiger partial charge on any atom is 0.210 e. The highest BCUT2D eigenvalue weighted by molar-refractivity contribution is 6.25. The summed E-state index contributed by atoms with van der Waals surface area (Å²) >= 11 is 0. The van der Waals surface area contributed by atoms with Gasteiger partial charge in [-0.25, -0.2) is 4.85 Å². The van der Waals surface area contributed by atoms with Crippen LogP contribution in [0.4, 0.5) is 5.69 Å². The second kappa shape index (κ2) is 10.7. The minimum absolute atomic E-state index is 0.583. The molecule has 54 heavy (non-hydrogen) atoms. The second-order valence-corrected chi connectivity index (χ2v) is 13.9. The fourth-order valence-corrected chi connectivity index (χ4v) is 8.81. The number of hydrogen-bond acceptors (Lipinski definition) is 2. The number of nitrogens with zero attached hydrogens (tertiary/aromatic N) is 3. The summed E-state index contributed by atoms with van der Waals surface area (Å²) in [4.78, 5) is 4.03. The van der Waals surface area contributed by atoms with Crippen molar-refractivity contribution in [2.45, 2.75) is 0 Å². The van der Waals surface area contributed by atoms with Gasteiger partial charge in [0, 0.05) is 38.0 Å². The minimum Gasteiger partial charge on any atom is -0.455 e. The quantitative estimate of drug-likeness (QED) is 0.173. The lowest BCUT2D eigenvalue weighted by atomic mass is 10.0. The monoisotopic (exact) mass is 689 g/mol. The number of rotatable bonds is 3. The van der Waals surface area contributed by atoms with Crippen molar-refractivity contribution in [3.63, 3.8) is 0 Å². The number of fused-ring (bicyclic) bond motifs is 14. The van der Waals surface area contributed by atoms with Gasteiger partial charge in [-0.15, -0.1) is 0 Å². The molecule has 8 aromatic carbocycles. The van der Waals surface area contributed by atoms with Crippen molar-refractivity contribution in [2.75, 3.05) is 0 Å². The summed E-state index contributed by atoms with van der Waals surface area (Å²) in [5, 5.41) is 8.82. The highest BCUT2D eigenvalue weighted by atomic mass is 16.3. The van der Waals surface area contributed by atoms with Crippen LogP contribution < -0.4 is 0 Å². The van der Waals surface area contributed by atoms with Gasteiger partial charge in [-0.05, 0) is 77.9 Å². The van der Waals surface area contributed by atoms with Crippen LogP contribution in [-0.2, 0) is 0 Å². The number of para-hydroxylation sites is 4. The van der Waals surface area contributed by atoms with Crippen LogP contribution in [0.5, 0.6) is 0 Å².